The lowest BCUT2D eigenvalue weighted by Crippen LogP contribution is -2.41. The van der Waals surface area contributed by atoms with Crippen molar-refractivity contribution >= 4 is 16.8 Å². The van der Waals surface area contributed by atoms with Crippen LogP contribution < -0.4 is 4.74 Å². The molecule has 1 amide bonds. The van der Waals surface area contributed by atoms with Gasteiger partial charge in [-0.25, -0.2) is 4.98 Å². The van der Waals surface area contributed by atoms with Crippen LogP contribution in [0.5, 0.6) is 5.88 Å². The van der Waals surface area contributed by atoms with Gasteiger partial charge in [0.05, 0.1) is 5.56 Å². The molecule has 25 heavy (non-hydrogen) atoms. The number of aromatic amines is 1. The topological polar surface area (TPSA) is 58.2 Å². The van der Waals surface area contributed by atoms with Gasteiger partial charge in [-0.15, -0.1) is 0 Å². The zero-order valence-corrected chi connectivity index (χ0v) is 14.2. The second-order valence-corrected chi connectivity index (χ2v) is 6.53. The van der Waals surface area contributed by atoms with E-state index >= 15 is 0 Å². The van der Waals surface area contributed by atoms with E-state index in [0.717, 1.165) is 34.9 Å². The number of piperidine rings is 1. The monoisotopic (exact) mass is 335 g/mol. The van der Waals surface area contributed by atoms with Crippen LogP contribution in [0.3, 0.4) is 0 Å². The molecule has 0 aliphatic carbocycles. The number of carbonyl (C=O) groups is 1. The summed E-state index contributed by atoms with van der Waals surface area (Å²) in [6, 6.07) is 11.8. The molecule has 0 atom stereocenters. The number of benzene rings is 1. The molecule has 1 aliphatic rings. The average molecular weight is 335 g/mol. The van der Waals surface area contributed by atoms with Gasteiger partial charge in [-0.2, -0.15) is 0 Å². The van der Waals surface area contributed by atoms with Crippen LogP contribution in [0.1, 0.15) is 28.8 Å². The fourth-order valence-electron chi connectivity index (χ4n) is 3.29. The number of likely N-dealkylation sites (tertiary alicyclic amines) is 1. The van der Waals surface area contributed by atoms with Gasteiger partial charge in [0.2, 0.25) is 5.88 Å². The summed E-state index contributed by atoms with van der Waals surface area (Å²) in [7, 11) is 0. The SMILES string of the molecule is Cc1ccc(OC2CCN(C(=O)c3c[nH]c4ccccc34)CC2)nc1. The molecule has 1 aromatic carbocycles. The Hall–Kier alpha value is -2.82. The van der Waals surface area contributed by atoms with Crippen molar-refractivity contribution in [3.63, 3.8) is 0 Å². The summed E-state index contributed by atoms with van der Waals surface area (Å²) in [4.78, 5) is 22.2. The van der Waals surface area contributed by atoms with Gasteiger partial charge in [-0.1, -0.05) is 24.3 Å². The van der Waals surface area contributed by atoms with E-state index in [1.807, 2.05) is 60.6 Å². The summed E-state index contributed by atoms with van der Waals surface area (Å²) in [5, 5.41) is 0.981. The number of amides is 1. The number of nitrogens with one attached hydrogen (secondary N) is 1. The quantitative estimate of drug-likeness (QED) is 0.796. The minimum Gasteiger partial charge on any atom is -0.474 e. The predicted molar refractivity (Wildman–Crippen MR) is 96.8 cm³/mol. The molecular weight excluding hydrogens is 314 g/mol. The molecule has 1 N–H and O–H groups in total. The standard InChI is InChI=1S/C20H21N3O2/c1-14-6-7-19(22-12-14)25-15-8-10-23(11-9-15)20(24)17-13-21-18-5-3-2-4-16(17)18/h2-7,12-13,15,21H,8-11H2,1H3. The third-order valence-corrected chi connectivity index (χ3v) is 4.72. The van der Waals surface area contributed by atoms with Crippen molar-refractivity contribution in [1.29, 1.82) is 0 Å². The fraction of sp³-hybridized carbons (Fsp3) is 0.300. The van der Waals surface area contributed by atoms with Crippen molar-refractivity contribution in [3.8, 4) is 5.88 Å². The smallest absolute Gasteiger partial charge is 0.256 e. The Labute approximate surface area is 146 Å². The first-order chi connectivity index (χ1) is 12.2. The Balaban J connectivity index is 1.39. The number of aromatic nitrogens is 2. The molecular formula is C20H21N3O2. The van der Waals surface area contributed by atoms with Gasteiger partial charge in [0.1, 0.15) is 6.10 Å². The van der Waals surface area contributed by atoms with Gasteiger partial charge in [0.25, 0.3) is 5.91 Å². The molecule has 5 nitrogen and oxygen atoms in total. The fourth-order valence-corrected chi connectivity index (χ4v) is 3.29. The lowest BCUT2D eigenvalue weighted by molar-refractivity contribution is 0.0589. The van der Waals surface area contributed by atoms with Gasteiger partial charge in [0.15, 0.2) is 0 Å². The highest BCUT2D eigenvalue weighted by molar-refractivity contribution is 6.06. The summed E-state index contributed by atoms with van der Waals surface area (Å²) in [6.07, 6.45) is 5.38. The van der Waals surface area contributed by atoms with Crippen molar-refractivity contribution in [2.45, 2.75) is 25.9 Å². The van der Waals surface area contributed by atoms with E-state index in [1.165, 1.54) is 0 Å². The van der Waals surface area contributed by atoms with Crippen LogP contribution in [-0.2, 0) is 0 Å². The van der Waals surface area contributed by atoms with Crippen LogP contribution in [-0.4, -0.2) is 40.0 Å². The second kappa shape index (κ2) is 6.59. The number of para-hydroxylation sites is 1. The number of rotatable bonds is 3. The van der Waals surface area contributed by atoms with Crippen LogP contribution in [0.2, 0.25) is 0 Å². The summed E-state index contributed by atoms with van der Waals surface area (Å²) < 4.78 is 5.94. The number of ether oxygens (including phenoxy) is 1. The van der Waals surface area contributed by atoms with Crippen LogP contribution in [0, 0.1) is 6.92 Å². The number of hydrogen-bond acceptors (Lipinski definition) is 3. The minimum absolute atomic E-state index is 0.0874. The van der Waals surface area contributed by atoms with Gasteiger partial charge in [-0.05, 0) is 18.6 Å². The summed E-state index contributed by atoms with van der Waals surface area (Å²) >= 11 is 0. The Morgan fingerprint density at radius 2 is 2.00 bits per heavy atom. The van der Waals surface area contributed by atoms with Crippen LogP contribution >= 0.6 is 0 Å². The number of fused-ring (bicyclic) bond motifs is 1. The molecule has 4 rings (SSSR count). The van der Waals surface area contributed by atoms with Crippen LogP contribution in [0.15, 0.2) is 48.8 Å². The van der Waals surface area contributed by atoms with Crippen LogP contribution in [0.4, 0.5) is 0 Å². The zero-order chi connectivity index (χ0) is 17.2. The summed E-state index contributed by atoms with van der Waals surface area (Å²) in [5.41, 5.74) is 2.86. The lowest BCUT2D eigenvalue weighted by Gasteiger charge is -2.31. The molecule has 2 aromatic heterocycles. The summed E-state index contributed by atoms with van der Waals surface area (Å²) in [5.74, 6) is 0.747. The number of nitrogens with zero attached hydrogens (tertiary/aromatic N) is 2. The molecule has 3 heterocycles. The third kappa shape index (κ3) is 3.22. The maximum atomic E-state index is 12.8. The van der Waals surface area contributed by atoms with E-state index in [0.29, 0.717) is 19.0 Å². The van der Waals surface area contributed by atoms with Crippen molar-refractivity contribution in [2.24, 2.45) is 0 Å². The van der Waals surface area contributed by atoms with E-state index in [4.69, 9.17) is 4.74 Å². The lowest BCUT2D eigenvalue weighted by atomic mass is 10.1. The Kier molecular flexibility index (Phi) is 4.14. The van der Waals surface area contributed by atoms with E-state index in [2.05, 4.69) is 9.97 Å². The van der Waals surface area contributed by atoms with Crippen molar-refractivity contribution in [3.05, 3.63) is 59.9 Å². The zero-order valence-electron chi connectivity index (χ0n) is 14.2. The maximum absolute atomic E-state index is 12.8. The third-order valence-electron chi connectivity index (χ3n) is 4.72. The molecule has 0 bridgehead atoms. The molecule has 0 unspecified atom stereocenters. The molecule has 0 saturated carbocycles. The number of carbonyl (C=O) groups excluding carboxylic acids is 1. The molecule has 0 radical (unpaired) electrons. The number of pyridine rings is 1. The molecule has 5 heteroatoms. The average Bonchev–Trinajstić information content (AvgIpc) is 3.08. The Morgan fingerprint density at radius 3 is 2.76 bits per heavy atom. The summed E-state index contributed by atoms with van der Waals surface area (Å²) in [6.45, 7) is 3.41. The Bertz CT molecular complexity index is 877. The van der Waals surface area contributed by atoms with Crippen molar-refractivity contribution in [1.82, 2.24) is 14.9 Å². The number of H-pyrrole nitrogens is 1. The Morgan fingerprint density at radius 1 is 1.20 bits per heavy atom. The van der Waals surface area contributed by atoms with Gasteiger partial charge >= 0.3 is 0 Å². The first kappa shape index (κ1) is 15.7. The molecule has 1 aliphatic heterocycles. The van der Waals surface area contributed by atoms with E-state index in [-0.39, 0.29) is 12.0 Å². The van der Waals surface area contributed by atoms with Gasteiger partial charge < -0.3 is 14.6 Å². The number of hydrogen-bond donors (Lipinski definition) is 1. The van der Waals surface area contributed by atoms with E-state index in [9.17, 15) is 4.79 Å². The first-order valence-electron chi connectivity index (χ1n) is 8.65. The van der Waals surface area contributed by atoms with Gasteiger partial charge in [-0.3, -0.25) is 4.79 Å². The molecule has 1 fully saturated rings. The predicted octanol–water partition coefficient (Wildman–Crippen LogP) is 3.55. The first-order valence-corrected chi connectivity index (χ1v) is 8.65. The second-order valence-electron chi connectivity index (χ2n) is 6.53. The van der Waals surface area contributed by atoms with Gasteiger partial charge in [0, 0.05) is 55.3 Å². The number of aryl methyl sites for hydroxylation is 1. The van der Waals surface area contributed by atoms with Crippen LogP contribution in [0.25, 0.3) is 10.9 Å². The normalized spacial score (nSPS) is 15.5. The highest BCUT2D eigenvalue weighted by atomic mass is 16.5. The molecule has 1 saturated heterocycles. The van der Waals surface area contributed by atoms with Crippen molar-refractivity contribution in [2.75, 3.05) is 13.1 Å². The van der Waals surface area contributed by atoms with E-state index < -0.39 is 0 Å². The minimum atomic E-state index is 0.0874. The highest BCUT2D eigenvalue weighted by Gasteiger charge is 2.26. The van der Waals surface area contributed by atoms with E-state index in [1.54, 1.807) is 0 Å². The largest absolute Gasteiger partial charge is 0.474 e. The molecule has 3 aromatic rings. The molecule has 0 spiro atoms. The van der Waals surface area contributed by atoms with Crippen molar-refractivity contribution < 1.29 is 9.53 Å². The highest BCUT2D eigenvalue weighted by Crippen LogP contribution is 2.23. The molecule has 128 valence electrons. The maximum Gasteiger partial charge on any atom is 0.256 e.